The Morgan fingerprint density at radius 3 is 2.48 bits per heavy atom. The predicted octanol–water partition coefficient (Wildman–Crippen LogP) is 4.81. The van der Waals surface area contributed by atoms with E-state index in [1.54, 1.807) is 13.2 Å². The summed E-state index contributed by atoms with van der Waals surface area (Å²) >= 11 is 0. The maximum atomic E-state index is 6.33. The number of unbranched alkanes of at least 4 members (excludes halogenated alkanes) is 1. The second-order valence-corrected chi connectivity index (χ2v) is 7.38. The van der Waals surface area contributed by atoms with Crippen LogP contribution in [0.15, 0.2) is 36.9 Å². The molecule has 2 rings (SSSR count). The average Bonchev–Trinajstić information content (AvgIpc) is 3.51. The van der Waals surface area contributed by atoms with Crippen LogP contribution < -0.4 is 4.74 Å². The first-order valence-corrected chi connectivity index (χ1v) is 10.3. The molecule has 1 aliphatic rings. The van der Waals surface area contributed by atoms with Gasteiger partial charge in [0.25, 0.3) is 0 Å². The molecule has 152 valence electrons. The van der Waals surface area contributed by atoms with E-state index in [4.69, 9.17) is 18.9 Å². The first kappa shape index (κ1) is 21.9. The van der Waals surface area contributed by atoms with Gasteiger partial charge in [0.2, 0.25) is 0 Å². The van der Waals surface area contributed by atoms with Crippen LogP contribution in [-0.4, -0.2) is 45.2 Å². The molecule has 0 bridgehead atoms. The van der Waals surface area contributed by atoms with Gasteiger partial charge < -0.3 is 18.9 Å². The second kappa shape index (κ2) is 12.2. The summed E-state index contributed by atoms with van der Waals surface area (Å²) in [5.74, 6) is 1.57. The Hall–Kier alpha value is -1.36. The number of ether oxygens (including phenoxy) is 4. The van der Waals surface area contributed by atoms with Gasteiger partial charge in [-0.2, -0.15) is 0 Å². The van der Waals surface area contributed by atoms with Crippen LogP contribution in [0.5, 0.6) is 5.75 Å². The quantitative estimate of drug-likeness (QED) is 0.325. The fraction of sp³-hybridized carbons (Fsp3) is 0.652. The zero-order valence-corrected chi connectivity index (χ0v) is 17.2. The Morgan fingerprint density at radius 1 is 1.15 bits per heavy atom. The molecule has 1 aromatic rings. The monoisotopic (exact) mass is 376 g/mol. The van der Waals surface area contributed by atoms with Crippen molar-refractivity contribution in [2.24, 2.45) is 5.92 Å². The van der Waals surface area contributed by atoms with Crippen molar-refractivity contribution in [1.29, 1.82) is 0 Å². The van der Waals surface area contributed by atoms with E-state index in [9.17, 15) is 0 Å². The smallest absolute Gasteiger partial charge is 0.118 e. The van der Waals surface area contributed by atoms with Gasteiger partial charge >= 0.3 is 0 Å². The highest BCUT2D eigenvalue weighted by molar-refractivity contribution is 5.27. The number of methoxy groups -OCH3 is 1. The highest BCUT2D eigenvalue weighted by Gasteiger charge is 2.32. The van der Waals surface area contributed by atoms with E-state index in [2.05, 4.69) is 32.6 Å². The van der Waals surface area contributed by atoms with E-state index in [1.165, 1.54) is 18.4 Å². The van der Waals surface area contributed by atoms with E-state index in [0.717, 1.165) is 38.2 Å². The molecule has 3 atom stereocenters. The number of hydrogen-bond donors (Lipinski definition) is 0. The topological polar surface area (TPSA) is 36.9 Å². The minimum atomic E-state index is -0.0930. The maximum absolute atomic E-state index is 6.33. The number of benzene rings is 1. The van der Waals surface area contributed by atoms with Crippen molar-refractivity contribution < 1.29 is 18.9 Å². The lowest BCUT2D eigenvalue weighted by molar-refractivity contribution is -0.132. The van der Waals surface area contributed by atoms with Crippen LogP contribution in [0.3, 0.4) is 0 Å². The Bertz CT molecular complexity index is 524. The summed E-state index contributed by atoms with van der Waals surface area (Å²) in [7, 11) is 1.68. The van der Waals surface area contributed by atoms with Crippen LogP contribution in [0.25, 0.3) is 0 Å². The summed E-state index contributed by atoms with van der Waals surface area (Å²) in [4.78, 5) is 0. The first-order valence-electron chi connectivity index (χ1n) is 10.3. The van der Waals surface area contributed by atoms with Crippen molar-refractivity contribution in [3.8, 4) is 5.75 Å². The molecular formula is C23H36O4. The van der Waals surface area contributed by atoms with Crippen LogP contribution in [0.1, 0.15) is 45.1 Å². The van der Waals surface area contributed by atoms with Crippen molar-refractivity contribution in [2.75, 3.05) is 26.9 Å². The van der Waals surface area contributed by atoms with Crippen molar-refractivity contribution in [1.82, 2.24) is 0 Å². The summed E-state index contributed by atoms with van der Waals surface area (Å²) in [5, 5.41) is 0. The molecule has 1 fully saturated rings. The first-order chi connectivity index (χ1) is 13.2. The Morgan fingerprint density at radius 2 is 1.89 bits per heavy atom. The maximum Gasteiger partial charge on any atom is 0.118 e. The van der Waals surface area contributed by atoms with E-state index < -0.39 is 0 Å². The van der Waals surface area contributed by atoms with Gasteiger partial charge in [0.05, 0.1) is 32.5 Å². The fourth-order valence-corrected chi connectivity index (χ4v) is 3.04. The molecule has 0 radical (unpaired) electrons. The van der Waals surface area contributed by atoms with Gasteiger partial charge in [-0.25, -0.2) is 0 Å². The van der Waals surface area contributed by atoms with Gasteiger partial charge in [0.1, 0.15) is 11.9 Å². The molecule has 4 nitrogen and oxygen atoms in total. The van der Waals surface area contributed by atoms with Gasteiger partial charge in [-0.3, -0.25) is 0 Å². The zero-order valence-electron chi connectivity index (χ0n) is 17.2. The fourth-order valence-electron chi connectivity index (χ4n) is 3.04. The standard InChI is InChI=1S/C23H36O4/c1-5-7-15-25-18(3)23(27-17-20-8-9-20)22(26-14-6-2)16-19-10-12-21(24-4)13-11-19/h6,10-13,18,20,22-23H,2,5,7-9,14-17H2,1,3-4H3/t18-,22+,23-/m0/s1. The molecule has 0 aromatic heterocycles. The van der Waals surface area contributed by atoms with Gasteiger partial charge in [0.15, 0.2) is 0 Å². The lowest BCUT2D eigenvalue weighted by atomic mass is 10.00. The SMILES string of the molecule is C=CCO[C@H](Cc1ccc(OC)cc1)[C@@H](OCC1CC1)[C@H](C)OCCCC. The minimum Gasteiger partial charge on any atom is -0.497 e. The van der Waals surface area contributed by atoms with Crippen LogP contribution in [0.2, 0.25) is 0 Å². The third-order valence-electron chi connectivity index (χ3n) is 4.95. The highest BCUT2D eigenvalue weighted by atomic mass is 16.6. The highest BCUT2D eigenvalue weighted by Crippen LogP contribution is 2.30. The third kappa shape index (κ3) is 8.04. The molecule has 4 heteroatoms. The lowest BCUT2D eigenvalue weighted by Crippen LogP contribution is -2.43. The zero-order chi connectivity index (χ0) is 19.5. The second-order valence-electron chi connectivity index (χ2n) is 7.38. The summed E-state index contributed by atoms with van der Waals surface area (Å²) in [6.07, 6.45) is 7.12. The molecule has 0 unspecified atom stereocenters. The molecule has 0 N–H and O–H groups in total. The average molecular weight is 377 g/mol. The normalized spacial score (nSPS) is 17.3. The van der Waals surface area contributed by atoms with Crippen molar-refractivity contribution in [3.63, 3.8) is 0 Å². The molecule has 1 aliphatic carbocycles. The molecule has 0 heterocycles. The van der Waals surface area contributed by atoms with E-state index in [1.807, 2.05) is 12.1 Å². The molecule has 1 saturated carbocycles. The molecule has 27 heavy (non-hydrogen) atoms. The summed E-state index contributed by atoms with van der Waals surface area (Å²) in [5.41, 5.74) is 1.20. The third-order valence-corrected chi connectivity index (χ3v) is 4.95. The van der Waals surface area contributed by atoms with E-state index in [-0.39, 0.29) is 18.3 Å². The predicted molar refractivity (Wildman–Crippen MR) is 109 cm³/mol. The van der Waals surface area contributed by atoms with E-state index >= 15 is 0 Å². The Kier molecular flexibility index (Phi) is 9.89. The minimum absolute atomic E-state index is 0.0108. The van der Waals surface area contributed by atoms with Gasteiger partial charge in [0, 0.05) is 13.0 Å². The van der Waals surface area contributed by atoms with Gasteiger partial charge in [-0.15, -0.1) is 6.58 Å². The van der Waals surface area contributed by atoms with E-state index in [0.29, 0.717) is 12.5 Å². The van der Waals surface area contributed by atoms with Crippen molar-refractivity contribution >= 4 is 0 Å². The largest absolute Gasteiger partial charge is 0.497 e. The number of rotatable bonds is 15. The molecular weight excluding hydrogens is 340 g/mol. The van der Waals surface area contributed by atoms with Crippen molar-refractivity contribution in [3.05, 3.63) is 42.5 Å². The molecule has 0 amide bonds. The van der Waals surface area contributed by atoms with Crippen molar-refractivity contribution in [2.45, 2.75) is 64.3 Å². The van der Waals surface area contributed by atoms with Crippen LogP contribution in [0, 0.1) is 5.92 Å². The Balaban J connectivity index is 2.06. The van der Waals surface area contributed by atoms with Crippen LogP contribution in [-0.2, 0) is 20.6 Å². The van der Waals surface area contributed by atoms with Gasteiger partial charge in [-0.05, 0) is 49.8 Å². The molecule has 0 saturated heterocycles. The summed E-state index contributed by atoms with van der Waals surface area (Å²) < 4.78 is 23.8. The lowest BCUT2D eigenvalue weighted by Gasteiger charge is -2.32. The molecule has 0 aliphatic heterocycles. The van der Waals surface area contributed by atoms with Crippen LogP contribution in [0.4, 0.5) is 0 Å². The van der Waals surface area contributed by atoms with Gasteiger partial charge in [-0.1, -0.05) is 31.6 Å². The summed E-state index contributed by atoms with van der Waals surface area (Å²) in [6, 6.07) is 8.15. The summed E-state index contributed by atoms with van der Waals surface area (Å²) in [6.45, 7) is 10.1. The number of hydrogen-bond acceptors (Lipinski definition) is 4. The molecule has 1 aromatic carbocycles. The Labute approximate surface area is 164 Å². The molecule has 0 spiro atoms. The van der Waals surface area contributed by atoms with Crippen LogP contribution >= 0.6 is 0 Å².